The number of hydrogen-bond acceptors (Lipinski definition) is 5. The Morgan fingerprint density at radius 1 is 1.15 bits per heavy atom. The van der Waals surface area contributed by atoms with Crippen molar-refractivity contribution in [2.24, 2.45) is 0 Å². The third kappa shape index (κ3) is 5.35. The van der Waals surface area contributed by atoms with Gasteiger partial charge in [0.25, 0.3) is 5.91 Å². The van der Waals surface area contributed by atoms with Gasteiger partial charge in [-0.25, -0.2) is 4.98 Å². The number of nitrogens with zero attached hydrogens (tertiary/aromatic N) is 1. The van der Waals surface area contributed by atoms with Gasteiger partial charge in [-0.1, -0.05) is 35.3 Å². The molecule has 0 saturated carbocycles. The van der Waals surface area contributed by atoms with Gasteiger partial charge in [0.05, 0.1) is 17.2 Å². The van der Waals surface area contributed by atoms with Crippen LogP contribution in [0, 0.1) is 0 Å². The van der Waals surface area contributed by atoms with Gasteiger partial charge in [-0.15, -0.1) is 11.3 Å². The molecule has 1 aromatic heterocycles. The number of nitrogens with one attached hydrogen (secondary N) is 1. The first-order chi connectivity index (χ1) is 13.0. The van der Waals surface area contributed by atoms with Gasteiger partial charge in [0.1, 0.15) is 11.5 Å². The molecule has 5 nitrogen and oxygen atoms in total. The standard InChI is InChI=1S/C19H16Cl2N2O3S/c1-25-13-5-7-14(8-6-13)26-11-17(24)23-19-22-10-15(27-19)9-12-3-2-4-16(20)18(12)21/h2-8,10H,9,11H2,1H3,(H,22,23,24). The number of methoxy groups -OCH3 is 1. The Bertz CT molecular complexity index is 929. The second kappa shape index (κ2) is 9.08. The molecule has 1 heterocycles. The number of rotatable bonds is 7. The Labute approximate surface area is 170 Å². The molecule has 0 saturated heterocycles. The summed E-state index contributed by atoms with van der Waals surface area (Å²) in [5.74, 6) is 1.02. The lowest BCUT2D eigenvalue weighted by Crippen LogP contribution is -2.19. The monoisotopic (exact) mass is 422 g/mol. The van der Waals surface area contributed by atoms with E-state index in [-0.39, 0.29) is 12.5 Å². The summed E-state index contributed by atoms with van der Waals surface area (Å²) in [7, 11) is 1.59. The van der Waals surface area contributed by atoms with Gasteiger partial charge in [0.2, 0.25) is 0 Å². The number of ether oxygens (including phenoxy) is 2. The normalized spacial score (nSPS) is 10.5. The molecule has 27 heavy (non-hydrogen) atoms. The number of carbonyl (C=O) groups is 1. The maximum Gasteiger partial charge on any atom is 0.264 e. The van der Waals surface area contributed by atoms with Crippen LogP contribution in [0.15, 0.2) is 48.7 Å². The van der Waals surface area contributed by atoms with Crippen LogP contribution in [0.5, 0.6) is 11.5 Å². The van der Waals surface area contributed by atoms with Crippen LogP contribution in [-0.4, -0.2) is 24.6 Å². The number of carbonyl (C=O) groups excluding carboxylic acids is 1. The van der Waals surface area contributed by atoms with Crippen molar-refractivity contribution >= 4 is 45.6 Å². The summed E-state index contributed by atoms with van der Waals surface area (Å²) in [6.45, 7) is -0.110. The van der Waals surface area contributed by atoms with Crippen LogP contribution in [-0.2, 0) is 11.2 Å². The quantitative estimate of drug-likeness (QED) is 0.577. The van der Waals surface area contributed by atoms with E-state index in [1.807, 2.05) is 12.1 Å². The third-order valence-electron chi connectivity index (χ3n) is 3.63. The van der Waals surface area contributed by atoms with E-state index in [0.717, 1.165) is 16.2 Å². The summed E-state index contributed by atoms with van der Waals surface area (Å²) in [4.78, 5) is 17.2. The number of benzene rings is 2. The Hall–Kier alpha value is -2.28. The van der Waals surface area contributed by atoms with E-state index < -0.39 is 0 Å². The molecule has 0 radical (unpaired) electrons. The van der Waals surface area contributed by atoms with E-state index in [4.69, 9.17) is 32.7 Å². The number of amides is 1. The molecular weight excluding hydrogens is 407 g/mol. The summed E-state index contributed by atoms with van der Waals surface area (Å²) < 4.78 is 10.5. The van der Waals surface area contributed by atoms with Crippen molar-refractivity contribution in [1.29, 1.82) is 0 Å². The molecule has 0 fully saturated rings. The summed E-state index contributed by atoms with van der Waals surface area (Å²) >= 11 is 13.6. The highest BCUT2D eigenvalue weighted by Crippen LogP contribution is 2.29. The van der Waals surface area contributed by atoms with Crippen LogP contribution in [0.25, 0.3) is 0 Å². The maximum atomic E-state index is 12.0. The fraction of sp³-hybridized carbons (Fsp3) is 0.158. The van der Waals surface area contributed by atoms with Crippen molar-refractivity contribution < 1.29 is 14.3 Å². The third-order valence-corrected chi connectivity index (χ3v) is 5.40. The van der Waals surface area contributed by atoms with Crippen molar-refractivity contribution in [3.8, 4) is 11.5 Å². The lowest BCUT2D eigenvalue weighted by molar-refractivity contribution is -0.118. The summed E-state index contributed by atoms with van der Waals surface area (Å²) in [6, 6.07) is 12.5. The second-order valence-electron chi connectivity index (χ2n) is 5.53. The molecule has 3 aromatic rings. The van der Waals surface area contributed by atoms with Gasteiger partial charge in [0, 0.05) is 17.5 Å². The highest BCUT2D eigenvalue weighted by atomic mass is 35.5. The fourth-order valence-electron chi connectivity index (χ4n) is 2.30. The number of hydrogen-bond donors (Lipinski definition) is 1. The van der Waals surface area contributed by atoms with Gasteiger partial charge in [0.15, 0.2) is 11.7 Å². The van der Waals surface area contributed by atoms with E-state index in [9.17, 15) is 4.79 Å². The van der Waals surface area contributed by atoms with E-state index in [0.29, 0.717) is 27.3 Å². The van der Waals surface area contributed by atoms with Crippen LogP contribution < -0.4 is 14.8 Å². The van der Waals surface area contributed by atoms with Crippen LogP contribution >= 0.6 is 34.5 Å². The van der Waals surface area contributed by atoms with E-state index in [1.165, 1.54) is 11.3 Å². The fourth-order valence-corrected chi connectivity index (χ4v) is 3.53. The van der Waals surface area contributed by atoms with Crippen LogP contribution in [0.1, 0.15) is 10.4 Å². The minimum absolute atomic E-state index is 0.110. The zero-order chi connectivity index (χ0) is 19.2. The minimum Gasteiger partial charge on any atom is -0.497 e. The molecule has 0 atom stereocenters. The van der Waals surface area contributed by atoms with E-state index in [1.54, 1.807) is 43.6 Å². The lowest BCUT2D eigenvalue weighted by atomic mass is 10.1. The molecule has 8 heteroatoms. The molecule has 0 aliphatic heterocycles. The number of anilines is 1. The van der Waals surface area contributed by atoms with Crippen LogP contribution in [0.2, 0.25) is 10.0 Å². The molecule has 3 rings (SSSR count). The van der Waals surface area contributed by atoms with Crippen LogP contribution in [0.4, 0.5) is 5.13 Å². The summed E-state index contributed by atoms with van der Waals surface area (Å²) in [5.41, 5.74) is 0.911. The topological polar surface area (TPSA) is 60.5 Å². The summed E-state index contributed by atoms with van der Waals surface area (Å²) in [6.07, 6.45) is 2.30. The zero-order valence-electron chi connectivity index (χ0n) is 14.4. The number of aromatic nitrogens is 1. The molecule has 1 N–H and O–H groups in total. The molecule has 2 aromatic carbocycles. The smallest absolute Gasteiger partial charge is 0.264 e. The SMILES string of the molecule is COc1ccc(OCC(=O)Nc2ncc(Cc3cccc(Cl)c3Cl)s2)cc1. The largest absolute Gasteiger partial charge is 0.497 e. The molecule has 0 bridgehead atoms. The molecule has 0 unspecified atom stereocenters. The van der Waals surface area contributed by atoms with Crippen molar-refractivity contribution in [1.82, 2.24) is 4.98 Å². The zero-order valence-corrected chi connectivity index (χ0v) is 16.7. The Morgan fingerprint density at radius 2 is 1.89 bits per heavy atom. The lowest BCUT2D eigenvalue weighted by Gasteiger charge is -2.06. The molecule has 140 valence electrons. The molecule has 0 aliphatic carbocycles. The van der Waals surface area contributed by atoms with Gasteiger partial charge in [-0.2, -0.15) is 0 Å². The van der Waals surface area contributed by atoms with Crippen LogP contribution in [0.3, 0.4) is 0 Å². The Kier molecular flexibility index (Phi) is 6.55. The number of thiazole rings is 1. The first kappa shape index (κ1) is 19.5. The highest BCUT2D eigenvalue weighted by molar-refractivity contribution is 7.15. The highest BCUT2D eigenvalue weighted by Gasteiger charge is 2.10. The predicted octanol–water partition coefficient (Wildman–Crippen LogP) is 5.07. The average molecular weight is 423 g/mol. The molecular formula is C19H16Cl2N2O3S. The van der Waals surface area contributed by atoms with Gasteiger partial charge in [-0.3, -0.25) is 10.1 Å². The minimum atomic E-state index is -0.285. The predicted molar refractivity (Wildman–Crippen MR) is 109 cm³/mol. The first-order valence-corrected chi connectivity index (χ1v) is 9.56. The second-order valence-corrected chi connectivity index (χ2v) is 7.43. The maximum absolute atomic E-state index is 12.0. The molecule has 0 aliphatic rings. The Morgan fingerprint density at radius 3 is 2.63 bits per heavy atom. The molecule has 0 spiro atoms. The van der Waals surface area contributed by atoms with Crippen molar-refractivity contribution in [3.05, 3.63) is 69.1 Å². The van der Waals surface area contributed by atoms with Gasteiger partial charge >= 0.3 is 0 Å². The van der Waals surface area contributed by atoms with E-state index in [2.05, 4.69) is 10.3 Å². The van der Waals surface area contributed by atoms with E-state index >= 15 is 0 Å². The average Bonchev–Trinajstić information content (AvgIpc) is 3.11. The summed E-state index contributed by atoms with van der Waals surface area (Å²) in [5, 5.41) is 4.28. The molecule has 1 amide bonds. The van der Waals surface area contributed by atoms with Gasteiger partial charge < -0.3 is 9.47 Å². The van der Waals surface area contributed by atoms with Crippen molar-refractivity contribution in [2.45, 2.75) is 6.42 Å². The van der Waals surface area contributed by atoms with Crippen molar-refractivity contribution in [3.63, 3.8) is 0 Å². The van der Waals surface area contributed by atoms with Gasteiger partial charge in [-0.05, 0) is 35.9 Å². The Balaban J connectivity index is 1.53. The number of halogens is 2. The van der Waals surface area contributed by atoms with Crippen molar-refractivity contribution in [2.75, 3.05) is 19.0 Å². The first-order valence-electron chi connectivity index (χ1n) is 7.99.